The maximum absolute atomic E-state index is 14.9. The fourth-order valence-electron chi connectivity index (χ4n) is 4.71. The molecule has 29 heavy (non-hydrogen) atoms. The molecule has 7 heteroatoms. The lowest BCUT2D eigenvalue weighted by atomic mass is 9.88. The first-order valence-electron chi connectivity index (χ1n) is 10.1. The number of halogens is 2. The average Bonchev–Trinajstić information content (AvgIpc) is 3.13. The van der Waals surface area contributed by atoms with E-state index in [1.165, 1.54) is 25.0 Å². The summed E-state index contributed by atoms with van der Waals surface area (Å²) in [5.74, 6) is -0.470. The molecule has 2 aliphatic rings. The molecule has 0 aromatic carbocycles. The highest BCUT2D eigenvalue weighted by atomic mass is 19.1. The molecular weight excluding hydrogens is 372 g/mol. The van der Waals surface area contributed by atoms with Crippen LogP contribution < -0.4 is 5.32 Å². The minimum absolute atomic E-state index is 0.276. The number of rotatable bonds is 2. The summed E-state index contributed by atoms with van der Waals surface area (Å²) in [5, 5.41) is 3.61. The molecule has 0 bridgehead atoms. The first-order valence-corrected chi connectivity index (χ1v) is 10.1. The third kappa shape index (κ3) is 2.75. The molecule has 6 rings (SSSR count). The van der Waals surface area contributed by atoms with Crippen LogP contribution in [0.3, 0.4) is 0 Å². The van der Waals surface area contributed by atoms with Crippen molar-refractivity contribution in [1.82, 2.24) is 24.1 Å². The smallest absolute Gasteiger partial charge is 0.173 e. The van der Waals surface area contributed by atoms with Crippen molar-refractivity contribution in [2.24, 2.45) is 0 Å². The summed E-state index contributed by atoms with van der Waals surface area (Å²) < 4.78 is 32.8. The Kier molecular flexibility index (Phi) is 3.45. The van der Waals surface area contributed by atoms with Gasteiger partial charge in [0.25, 0.3) is 0 Å². The summed E-state index contributed by atoms with van der Waals surface area (Å²) in [6.07, 6.45) is 11.8. The van der Waals surface area contributed by atoms with Crippen molar-refractivity contribution in [3.63, 3.8) is 0 Å². The quantitative estimate of drug-likeness (QED) is 0.554. The van der Waals surface area contributed by atoms with E-state index in [1.54, 1.807) is 21.2 Å². The first kappa shape index (κ1) is 17.1. The van der Waals surface area contributed by atoms with Gasteiger partial charge in [0.15, 0.2) is 22.9 Å². The van der Waals surface area contributed by atoms with Crippen molar-refractivity contribution in [3.05, 3.63) is 59.9 Å². The van der Waals surface area contributed by atoms with Gasteiger partial charge in [-0.25, -0.2) is 18.7 Å². The van der Waals surface area contributed by atoms with E-state index in [0.717, 1.165) is 30.8 Å². The maximum Gasteiger partial charge on any atom is 0.173 e. The minimum Gasteiger partial charge on any atom is -0.311 e. The fraction of sp³-hybridized carbons (Fsp3) is 0.364. The van der Waals surface area contributed by atoms with E-state index in [0.29, 0.717) is 22.7 Å². The van der Waals surface area contributed by atoms with E-state index in [-0.39, 0.29) is 11.2 Å². The van der Waals surface area contributed by atoms with E-state index in [2.05, 4.69) is 15.3 Å². The average molecular weight is 393 g/mol. The van der Waals surface area contributed by atoms with E-state index in [9.17, 15) is 8.78 Å². The zero-order chi connectivity index (χ0) is 19.8. The van der Waals surface area contributed by atoms with Gasteiger partial charge in [0.1, 0.15) is 0 Å². The van der Waals surface area contributed by atoms with Crippen LogP contribution in [0.15, 0.2) is 36.9 Å². The number of pyridine rings is 2. The standard InChI is InChI=1S/C22H21F2N5/c1-13-9-28-10-15(6-17(23)20(28)26-13)16-7-18(24)21-27-19(12-29(21)11-16)14-2-5-25-22(8-14)3-4-22/h6-7,9-12,14,25H,2-5,8H2,1H3. The van der Waals surface area contributed by atoms with Gasteiger partial charge in [-0.1, -0.05) is 0 Å². The molecule has 1 aliphatic heterocycles. The van der Waals surface area contributed by atoms with Crippen LogP contribution in [0, 0.1) is 18.6 Å². The number of fused-ring (bicyclic) bond motifs is 2. The van der Waals surface area contributed by atoms with Crippen LogP contribution in [0.4, 0.5) is 8.78 Å². The van der Waals surface area contributed by atoms with Gasteiger partial charge in [-0.2, -0.15) is 0 Å². The number of nitrogens with zero attached hydrogens (tertiary/aromatic N) is 4. The number of imidazole rings is 2. The van der Waals surface area contributed by atoms with Crippen LogP contribution in [-0.2, 0) is 0 Å². The Bertz CT molecular complexity index is 1270. The van der Waals surface area contributed by atoms with E-state index < -0.39 is 11.6 Å². The van der Waals surface area contributed by atoms with Crippen molar-refractivity contribution in [2.45, 2.75) is 44.1 Å². The molecular formula is C22H21F2N5. The zero-order valence-electron chi connectivity index (χ0n) is 16.1. The third-order valence-corrected chi connectivity index (χ3v) is 6.39. The maximum atomic E-state index is 14.9. The molecule has 4 aromatic rings. The number of aryl methyl sites for hydroxylation is 1. The van der Waals surface area contributed by atoms with Crippen LogP contribution in [0.1, 0.15) is 43.0 Å². The summed E-state index contributed by atoms with van der Waals surface area (Å²) in [5.41, 5.74) is 3.78. The molecule has 1 atom stereocenters. The fourth-order valence-corrected chi connectivity index (χ4v) is 4.71. The van der Waals surface area contributed by atoms with E-state index >= 15 is 0 Å². The van der Waals surface area contributed by atoms with Gasteiger partial charge in [-0.3, -0.25) is 0 Å². The van der Waals surface area contributed by atoms with Gasteiger partial charge in [0.2, 0.25) is 0 Å². The van der Waals surface area contributed by atoms with Crippen molar-refractivity contribution < 1.29 is 8.78 Å². The minimum atomic E-state index is -0.424. The van der Waals surface area contributed by atoms with Crippen LogP contribution >= 0.6 is 0 Å². The lowest BCUT2D eigenvalue weighted by Crippen LogP contribution is -2.39. The predicted octanol–water partition coefficient (Wildman–Crippen LogP) is 4.24. The predicted molar refractivity (Wildman–Crippen MR) is 106 cm³/mol. The molecule has 5 nitrogen and oxygen atoms in total. The Balaban J connectivity index is 1.42. The topological polar surface area (TPSA) is 46.6 Å². The Morgan fingerprint density at radius 3 is 2.31 bits per heavy atom. The van der Waals surface area contributed by atoms with Crippen LogP contribution in [0.5, 0.6) is 0 Å². The summed E-state index contributed by atoms with van der Waals surface area (Å²) >= 11 is 0. The normalized spacial score (nSPS) is 20.7. The zero-order valence-corrected chi connectivity index (χ0v) is 16.1. The summed E-state index contributed by atoms with van der Waals surface area (Å²) in [7, 11) is 0. The molecule has 1 aliphatic carbocycles. The second-order valence-corrected chi connectivity index (χ2v) is 8.56. The van der Waals surface area contributed by atoms with E-state index in [4.69, 9.17) is 0 Å². The molecule has 4 aromatic heterocycles. The monoisotopic (exact) mass is 393 g/mol. The molecule has 1 unspecified atom stereocenters. The molecule has 2 fully saturated rings. The van der Waals surface area contributed by atoms with Crippen LogP contribution in [-0.4, -0.2) is 30.9 Å². The third-order valence-electron chi connectivity index (χ3n) is 6.39. The molecule has 5 heterocycles. The van der Waals surface area contributed by atoms with Crippen LogP contribution in [0.2, 0.25) is 0 Å². The number of aromatic nitrogens is 4. The van der Waals surface area contributed by atoms with Gasteiger partial charge in [0, 0.05) is 47.4 Å². The summed E-state index contributed by atoms with van der Waals surface area (Å²) in [4.78, 5) is 8.79. The van der Waals surface area contributed by atoms with Crippen molar-refractivity contribution in [2.75, 3.05) is 6.54 Å². The second kappa shape index (κ2) is 5.86. The molecule has 1 N–H and O–H groups in total. The summed E-state index contributed by atoms with van der Waals surface area (Å²) in [6.45, 7) is 2.80. The Morgan fingerprint density at radius 2 is 1.62 bits per heavy atom. The Hall–Kier alpha value is -2.80. The number of hydrogen-bond donors (Lipinski definition) is 1. The second-order valence-electron chi connectivity index (χ2n) is 8.56. The van der Waals surface area contributed by atoms with Crippen LogP contribution in [0.25, 0.3) is 22.4 Å². The van der Waals surface area contributed by atoms with Crippen molar-refractivity contribution in [3.8, 4) is 11.1 Å². The molecule has 1 saturated heterocycles. The van der Waals surface area contributed by atoms with Crippen molar-refractivity contribution in [1.29, 1.82) is 0 Å². The molecule has 148 valence electrons. The number of piperidine rings is 1. The summed E-state index contributed by atoms with van der Waals surface area (Å²) in [6, 6.07) is 2.84. The number of hydrogen-bond acceptors (Lipinski definition) is 3. The lowest BCUT2D eigenvalue weighted by molar-refractivity contribution is 0.342. The SMILES string of the molecule is Cc1cn2cc(-c3cc(F)c4nc(C5CCNC6(CC6)C5)cn4c3)cc(F)c2n1. The Morgan fingerprint density at radius 1 is 0.966 bits per heavy atom. The molecule has 0 amide bonds. The van der Waals surface area contributed by atoms with Gasteiger partial charge >= 0.3 is 0 Å². The first-order chi connectivity index (χ1) is 14.0. The van der Waals surface area contributed by atoms with Gasteiger partial charge in [0.05, 0.1) is 11.4 Å². The van der Waals surface area contributed by atoms with E-state index in [1.807, 2.05) is 19.3 Å². The molecule has 1 saturated carbocycles. The van der Waals surface area contributed by atoms with Gasteiger partial charge in [-0.15, -0.1) is 0 Å². The largest absolute Gasteiger partial charge is 0.311 e. The Labute approximate surface area is 166 Å². The highest BCUT2D eigenvalue weighted by Crippen LogP contribution is 2.46. The van der Waals surface area contributed by atoms with Gasteiger partial charge in [-0.05, 0) is 51.3 Å². The number of nitrogens with one attached hydrogen (secondary N) is 1. The lowest BCUT2D eigenvalue weighted by Gasteiger charge is -2.29. The van der Waals surface area contributed by atoms with Gasteiger partial charge < -0.3 is 14.1 Å². The highest BCUT2D eigenvalue weighted by Gasteiger charge is 2.46. The molecule has 0 radical (unpaired) electrons. The highest BCUT2D eigenvalue weighted by molar-refractivity contribution is 5.66. The molecule has 1 spiro atoms. The van der Waals surface area contributed by atoms with Crippen molar-refractivity contribution >= 4 is 11.3 Å².